The van der Waals surface area contributed by atoms with Gasteiger partial charge in [-0.2, -0.15) is 0 Å². The summed E-state index contributed by atoms with van der Waals surface area (Å²) in [4.78, 5) is 0. The Bertz CT molecular complexity index is 469. The number of nitrogens with one attached hydrogen (secondary N) is 2. The first kappa shape index (κ1) is 20.5. The molecule has 0 aliphatic carbocycles. The average molecular weight is 345 g/mol. The average Bonchev–Trinajstić information content (AvgIpc) is 2.53. The minimum atomic E-state index is 0. The van der Waals surface area contributed by atoms with Gasteiger partial charge in [0.05, 0.1) is 14.2 Å². The maximum absolute atomic E-state index is 5.13. The number of methoxy groups -OCH3 is 2. The molecule has 2 aromatic carbocycles. The minimum Gasteiger partial charge on any atom is -0.497 e. The first-order valence-electron chi connectivity index (χ1n) is 6.53. The Morgan fingerprint density at radius 2 is 0.955 bits per heavy atom. The summed E-state index contributed by atoms with van der Waals surface area (Å²) in [6.07, 6.45) is 0. The van der Waals surface area contributed by atoms with E-state index in [1.165, 1.54) is 11.1 Å². The zero-order chi connectivity index (χ0) is 14.2. The Morgan fingerprint density at radius 1 is 0.636 bits per heavy atom. The van der Waals surface area contributed by atoms with Crippen LogP contribution in [0.3, 0.4) is 0 Å². The fraction of sp³-hybridized carbons (Fsp3) is 0.250. The highest BCUT2D eigenvalue weighted by atomic mass is 35.5. The van der Waals surface area contributed by atoms with E-state index in [2.05, 4.69) is 10.9 Å². The van der Waals surface area contributed by atoms with Crippen molar-refractivity contribution in [1.82, 2.24) is 10.9 Å². The Kier molecular flexibility index (Phi) is 10.4. The van der Waals surface area contributed by atoms with Gasteiger partial charge in [-0.25, -0.2) is 0 Å². The highest BCUT2D eigenvalue weighted by Gasteiger charge is 1.96. The van der Waals surface area contributed by atoms with Crippen molar-refractivity contribution in [3.8, 4) is 11.5 Å². The maximum Gasteiger partial charge on any atom is 0.118 e. The van der Waals surface area contributed by atoms with Gasteiger partial charge in [-0.15, -0.1) is 24.8 Å². The van der Waals surface area contributed by atoms with E-state index in [0.29, 0.717) is 0 Å². The number of halogens is 2. The molecule has 22 heavy (non-hydrogen) atoms. The second-order valence-corrected chi connectivity index (χ2v) is 4.40. The van der Waals surface area contributed by atoms with Crippen LogP contribution in [0.5, 0.6) is 11.5 Å². The van der Waals surface area contributed by atoms with Crippen LogP contribution in [0.1, 0.15) is 11.1 Å². The lowest BCUT2D eigenvalue weighted by molar-refractivity contribution is 0.414. The zero-order valence-corrected chi connectivity index (χ0v) is 14.3. The van der Waals surface area contributed by atoms with Gasteiger partial charge < -0.3 is 9.47 Å². The van der Waals surface area contributed by atoms with Crippen molar-refractivity contribution >= 4 is 24.8 Å². The Hall–Kier alpha value is -1.46. The quantitative estimate of drug-likeness (QED) is 0.597. The molecule has 2 aromatic rings. The van der Waals surface area contributed by atoms with Gasteiger partial charge in [0.1, 0.15) is 11.5 Å². The summed E-state index contributed by atoms with van der Waals surface area (Å²) in [5, 5.41) is 0. The summed E-state index contributed by atoms with van der Waals surface area (Å²) in [7, 11) is 3.34. The van der Waals surface area contributed by atoms with E-state index in [1.807, 2.05) is 48.5 Å². The van der Waals surface area contributed by atoms with Crippen LogP contribution in [0.2, 0.25) is 0 Å². The molecule has 0 aliphatic rings. The monoisotopic (exact) mass is 344 g/mol. The van der Waals surface area contributed by atoms with Crippen LogP contribution in [0, 0.1) is 0 Å². The van der Waals surface area contributed by atoms with Gasteiger partial charge >= 0.3 is 0 Å². The molecule has 0 amide bonds. The lowest BCUT2D eigenvalue weighted by Crippen LogP contribution is -2.30. The molecule has 0 radical (unpaired) electrons. The van der Waals surface area contributed by atoms with Crippen LogP contribution in [0.15, 0.2) is 48.5 Å². The predicted octanol–water partition coefficient (Wildman–Crippen LogP) is 3.34. The molecule has 0 bridgehead atoms. The van der Waals surface area contributed by atoms with Crippen LogP contribution >= 0.6 is 24.8 Å². The highest BCUT2D eigenvalue weighted by molar-refractivity contribution is 5.85. The van der Waals surface area contributed by atoms with Gasteiger partial charge in [0.25, 0.3) is 0 Å². The molecule has 4 nitrogen and oxygen atoms in total. The van der Waals surface area contributed by atoms with E-state index in [-0.39, 0.29) is 24.8 Å². The van der Waals surface area contributed by atoms with Crippen LogP contribution < -0.4 is 20.3 Å². The topological polar surface area (TPSA) is 42.5 Å². The largest absolute Gasteiger partial charge is 0.497 e. The van der Waals surface area contributed by atoms with Gasteiger partial charge in [-0.3, -0.25) is 10.9 Å². The highest BCUT2D eigenvalue weighted by Crippen LogP contribution is 2.11. The molecule has 6 heteroatoms. The molecular weight excluding hydrogens is 323 g/mol. The normalized spacial score (nSPS) is 9.36. The van der Waals surface area contributed by atoms with Crippen molar-refractivity contribution in [2.45, 2.75) is 13.1 Å². The standard InChI is InChI=1S/C16H20N2O2.2ClH/c1-19-15-7-3-13(4-8-15)11-17-18-12-14-5-9-16(20-2)10-6-14;;/h3-10,17-18H,11-12H2,1-2H3;2*1H. The van der Waals surface area contributed by atoms with E-state index < -0.39 is 0 Å². The molecule has 0 heterocycles. The fourth-order valence-corrected chi connectivity index (χ4v) is 1.82. The lowest BCUT2D eigenvalue weighted by Gasteiger charge is -2.08. The Balaban J connectivity index is 0.00000220. The third-order valence-electron chi connectivity index (χ3n) is 3.03. The third-order valence-corrected chi connectivity index (χ3v) is 3.03. The maximum atomic E-state index is 5.13. The summed E-state index contributed by atoms with van der Waals surface area (Å²) in [5.41, 5.74) is 8.79. The molecule has 2 rings (SSSR count). The lowest BCUT2D eigenvalue weighted by atomic mass is 10.2. The van der Waals surface area contributed by atoms with E-state index >= 15 is 0 Å². The van der Waals surface area contributed by atoms with Crippen molar-refractivity contribution in [2.24, 2.45) is 0 Å². The van der Waals surface area contributed by atoms with Crippen molar-refractivity contribution in [3.63, 3.8) is 0 Å². The summed E-state index contributed by atoms with van der Waals surface area (Å²) in [5.74, 6) is 1.75. The summed E-state index contributed by atoms with van der Waals surface area (Å²) >= 11 is 0. The van der Waals surface area contributed by atoms with Crippen LogP contribution in [-0.4, -0.2) is 14.2 Å². The molecule has 0 saturated carbocycles. The van der Waals surface area contributed by atoms with Gasteiger partial charge in [0, 0.05) is 13.1 Å². The number of hydrogen-bond acceptors (Lipinski definition) is 4. The summed E-state index contributed by atoms with van der Waals surface area (Å²) in [6, 6.07) is 16.0. The van der Waals surface area contributed by atoms with E-state index in [4.69, 9.17) is 9.47 Å². The van der Waals surface area contributed by atoms with E-state index in [1.54, 1.807) is 14.2 Å². The number of benzene rings is 2. The van der Waals surface area contributed by atoms with Crippen LogP contribution in [0.25, 0.3) is 0 Å². The van der Waals surface area contributed by atoms with Crippen molar-refractivity contribution in [2.75, 3.05) is 14.2 Å². The second kappa shape index (κ2) is 11.2. The predicted molar refractivity (Wildman–Crippen MR) is 94.2 cm³/mol. The molecule has 2 N–H and O–H groups in total. The molecule has 0 fully saturated rings. The molecule has 0 aromatic heterocycles. The molecule has 122 valence electrons. The SMILES string of the molecule is COc1ccc(CNNCc2ccc(OC)cc2)cc1.Cl.Cl. The smallest absolute Gasteiger partial charge is 0.118 e. The molecular formula is C16H22Cl2N2O2. The van der Waals surface area contributed by atoms with Gasteiger partial charge in [-0.05, 0) is 35.4 Å². The first-order valence-corrected chi connectivity index (χ1v) is 6.53. The third kappa shape index (κ3) is 6.54. The van der Waals surface area contributed by atoms with Gasteiger partial charge in [0.2, 0.25) is 0 Å². The number of ether oxygens (including phenoxy) is 2. The van der Waals surface area contributed by atoms with Crippen LogP contribution in [0.4, 0.5) is 0 Å². The van der Waals surface area contributed by atoms with Crippen LogP contribution in [-0.2, 0) is 13.1 Å². The van der Waals surface area contributed by atoms with Gasteiger partial charge in [-0.1, -0.05) is 24.3 Å². The minimum absolute atomic E-state index is 0. The Morgan fingerprint density at radius 3 is 1.23 bits per heavy atom. The Labute approximate surface area is 144 Å². The second-order valence-electron chi connectivity index (χ2n) is 4.40. The number of rotatable bonds is 7. The first-order chi connectivity index (χ1) is 9.81. The summed E-state index contributed by atoms with van der Waals surface area (Å²) < 4.78 is 10.3. The molecule has 0 aliphatic heterocycles. The summed E-state index contributed by atoms with van der Waals surface area (Å²) in [6.45, 7) is 1.53. The van der Waals surface area contributed by atoms with Crippen molar-refractivity contribution in [1.29, 1.82) is 0 Å². The van der Waals surface area contributed by atoms with Gasteiger partial charge in [0.15, 0.2) is 0 Å². The fourth-order valence-electron chi connectivity index (χ4n) is 1.82. The zero-order valence-electron chi connectivity index (χ0n) is 12.7. The van der Waals surface area contributed by atoms with Crippen molar-refractivity contribution in [3.05, 3.63) is 59.7 Å². The number of hydrazine groups is 1. The van der Waals surface area contributed by atoms with E-state index in [0.717, 1.165) is 24.6 Å². The molecule has 0 unspecified atom stereocenters. The molecule has 0 atom stereocenters. The molecule has 0 spiro atoms. The number of hydrogen-bond donors (Lipinski definition) is 2. The van der Waals surface area contributed by atoms with Crippen molar-refractivity contribution < 1.29 is 9.47 Å². The molecule has 0 saturated heterocycles. The van der Waals surface area contributed by atoms with E-state index in [9.17, 15) is 0 Å².